The Balaban J connectivity index is 2.28. The molecule has 0 bridgehead atoms. The van der Waals surface area contributed by atoms with Gasteiger partial charge in [-0.2, -0.15) is 0 Å². The van der Waals surface area contributed by atoms with E-state index in [1.807, 2.05) is 0 Å². The average Bonchev–Trinajstić information content (AvgIpc) is 2.13. The standard InChI is InChI=1S/C12H23NSi/c1-14(2,3)12-8-7-11-13-9-5-4-6-10-13/h7,12H,4-6,9-11H2,1-3H3. The number of rotatable bonds is 3. The molecular weight excluding hydrogens is 186 g/mol. The molecule has 0 N–H and O–H groups in total. The predicted octanol–water partition coefficient (Wildman–Crippen LogP) is 3.06. The zero-order valence-electron chi connectivity index (χ0n) is 9.84. The van der Waals surface area contributed by atoms with Crippen molar-refractivity contribution >= 4 is 8.07 Å². The van der Waals surface area contributed by atoms with Crippen LogP contribution >= 0.6 is 0 Å². The number of likely N-dealkylation sites (tertiary alicyclic amines) is 1. The van der Waals surface area contributed by atoms with Gasteiger partial charge < -0.3 is 0 Å². The van der Waals surface area contributed by atoms with Gasteiger partial charge in [0.05, 0.1) is 8.07 Å². The molecule has 1 saturated heterocycles. The van der Waals surface area contributed by atoms with Crippen LogP contribution in [-0.4, -0.2) is 32.6 Å². The van der Waals surface area contributed by atoms with Crippen LogP contribution in [0.1, 0.15) is 19.3 Å². The topological polar surface area (TPSA) is 3.24 Å². The van der Waals surface area contributed by atoms with Crippen LogP contribution in [-0.2, 0) is 0 Å². The molecule has 14 heavy (non-hydrogen) atoms. The van der Waals surface area contributed by atoms with Crippen molar-refractivity contribution in [3.8, 4) is 0 Å². The fourth-order valence-electron chi connectivity index (χ4n) is 1.63. The van der Waals surface area contributed by atoms with Gasteiger partial charge in [0.2, 0.25) is 0 Å². The molecule has 0 aromatic heterocycles. The first-order valence-corrected chi connectivity index (χ1v) is 9.30. The molecule has 0 spiro atoms. The van der Waals surface area contributed by atoms with Crippen molar-refractivity contribution in [2.75, 3.05) is 19.6 Å². The quantitative estimate of drug-likeness (QED) is 0.510. The van der Waals surface area contributed by atoms with Crippen molar-refractivity contribution in [3.63, 3.8) is 0 Å². The number of nitrogens with zero attached hydrogens (tertiary/aromatic N) is 1. The molecule has 80 valence electrons. The highest BCUT2D eigenvalue weighted by molar-refractivity contribution is 6.80. The van der Waals surface area contributed by atoms with Crippen molar-refractivity contribution in [1.82, 2.24) is 4.90 Å². The Morgan fingerprint density at radius 2 is 1.79 bits per heavy atom. The third-order valence-electron chi connectivity index (χ3n) is 2.43. The maximum atomic E-state index is 3.34. The summed E-state index contributed by atoms with van der Waals surface area (Å²) < 4.78 is 0. The highest BCUT2D eigenvalue weighted by atomic mass is 28.3. The Labute approximate surface area is 89.5 Å². The van der Waals surface area contributed by atoms with Gasteiger partial charge in [0.1, 0.15) is 0 Å². The van der Waals surface area contributed by atoms with Gasteiger partial charge in [-0.3, -0.25) is 4.90 Å². The highest BCUT2D eigenvalue weighted by Crippen LogP contribution is 2.07. The summed E-state index contributed by atoms with van der Waals surface area (Å²) in [4.78, 5) is 2.52. The van der Waals surface area contributed by atoms with E-state index in [4.69, 9.17) is 0 Å². The summed E-state index contributed by atoms with van der Waals surface area (Å²) in [5, 5.41) is 0. The molecule has 0 saturated carbocycles. The van der Waals surface area contributed by atoms with E-state index < -0.39 is 8.07 Å². The minimum Gasteiger partial charge on any atom is -0.299 e. The zero-order valence-corrected chi connectivity index (χ0v) is 10.8. The predicted molar refractivity (Wildman–Crippen MR) is 66.3 cm³/mol. The Bertz CT molecular complexity index is 215. The molecule has 1 fully saturated rings. The third kappa shape index (κ3) is 5.43. The second-order valence-electron chi connectivity index (χ2n) is 5.24. The van der Waals surface area contributed by atoms with Crippen LogP contribution in [0.5, 0.6) is 0 Å². The van der Waals surface area contributed by atoms with Gasteiger partial charge in [-0.25, -0.2) is 0 Å². The van der Waals surface area contributed by atoms with Gasteiger partial charge in [0.25, 0.3) is 0 Å². The van der Waals surface area contributed by atoms with Gasteiger partial charge in [-0.1, -0.05) is 31.8 Å². The Hall–Kier alpha value is -0.303. The largest absolute Gasteiger partial charge is 0.299 e. The second kappa shape index (κ2) is 5.55. The maximum Gasteiger partial charge on any atom is 0.0781 e. The molecule has 0 amide bonds. The van der Waals surface area contributed by atoms with Gasteiger partial charge >= 0.3 is 0 Å². The lowest BCUT2D eigenvalue weighted by molar-refractivity contribution is 0.251. The van der Waals surface area contributed by atoms with Crippen LogP contribution in [0, 0.1) is 0 Å². The van der Waals surface area contributed by atoms with Crippen LogP contribution in [0.2, 0.25) is 19.6 Å². The number of hydrogen-bond donors (Lipinski definition) is 0. The van der Waals surface area contributed by atoms with E-state index in [-0.39, 0.29) is 0 Å². The van der Waals surface area contributed by atoms with E-state index >= 15 is 0 Å². The smallest absolute Gasteiger partial charge is 0.0781 e. The molecule has 1 aliphatic rings. The van der Waals surface area contributed by atoms with E-state index in [0.717, 1.165) is 6.54 Å². The summed E-state index contributed by atoms with van der Waals surface area (Å²) in [7, 11) is -1.03. The first kappa shape index (κ1) is 11.8. The van der Waals surface area contributed by atoms with Crippen molar-refractivity contribution in [2.24, 2.45) is 0 Å². The van der Waals surface area contributed by atoms with Crippen molar-refractivity contribution in [3.05, 3.63) is 17.5 Å². The van der Waals surface area contributed by atoms with Crippen molar-refractivity contribution in [1.29, 1.82) is 0 Å². The van der Waals surface area contributed by atoms with Gasteiger partial charge in [-0.05, 0) is 32.0 Å². The zero-order chi connectivity index (χ0) is 10.4. The van der Waals surface area contributed by atoms with E-state index in [1.54, 1.807) is 0 Å². The summed E-state index contributed by atoms with van der Waals surface area (Å²) in [6.07, 6.45) is 6.38. The Kier molecular flexibility index (Phi) is 4.66. The molecule has 1 aliphatic heterocycles. The second-order valence-corrected chi connectivity index (χ2v) is 10.3. The SMILES string of the molecule is C[Si](C)(C)C=C=CCN1CCCCC1. The van der Waals surface area contributed by atoms with Gasteiger partial charge in [-0.15, -0.1) is 5.73 Å². The van der Waals surface area contributed by atoms with Gasteiger partial charge in [0, 0.05) is 6.54 Å². The van der Waals surface area contributed by atoms with Gasteiger partial charge in [0.15, 0.2) is 0 Å². The summed E-state index contributed by atoms with van der Waals surface area (Å²) in [6.45, 7) is 10.7. The van der Waals surface area contributed by atoms with E-state index in [1.165, 1.54) is 32.4 Å². The lowest BCUT2D eigenvalue weighted by Crippen LogP contribution is -2.29. The summed E-state index contributed by atoms with van der Waals surface area (Å²) in [5.41, 5.74) is 5.63. The molecule has 1 rings (SSSR count). The molecule has 0 atom stereocenters. The molecule has 0 aliphatic carbocycles. The molecule has 2 heteroatoms. The summed E-state index contributed by atoms with van der Waals surface area (Å²) >= 11 is 0. The minimum atomic E-state index is -1.03. The summed E-state index contributed by atoms with van der Waals surface area (Å²) in [6, 6.07) is 0. The van der Waals surface area contributed by atoms with E-state index in [0.29, 0.717) is 0 Å². The first-order chi connectivity index (χ1) is 6.58. The van der Waals surface area contributed by atoms with Crippen LogP contribution in [0.25, 0.3) is 0 Å². The van der Waals surface area contributed by atoms with E-state index in [2.05, 4.69) is 42.0 Å². The Morgan fingerprint density at radius 1 is 1.14 bits per heavy atom. The lowest BCUT2D eigenvalue weighted by atomic mass is 10.1. The first-order valence-electron chi connectivity index (χ1n) is 5.72. The fourth-order valence-corrected chi connectivity index (χ4v) is 2.25. The maximum absolute atomic E-state index is 3.34. The van der Waals surface area contributed by atoms with Crippen LogP contribution < -0.4 is 0 Å². The van der Waals surface area contributed by atoms with Crippen molar-refractivity contribution < 1.29 is 0 Å². The van der Waals surface area contributed by atoms with Crippen LogP contribution in [0.15, 0.2) is 17.5 Å². The molecule has 1 heterocycles. The fraction of sp³-hybridized carbons (Fsp3) is 0.750. The molecule has 0 aromatic rings. The molecular formula is C12H23NSi. The molecule has 0 aromatic carbocycles. The molecule has 1 nitrogen and oxygen atoms in total. The van der Waals surface area contributed by atoms with Crippen molar-refractivity contribution in [2.45, 2.75) is 38.9 Å². The lowest BCUT2D eigenvalue weighted by Gasteiger charge is -2.24. The minimum absolute atomic E-state index is 1.03. The molecule has 0 radical (unpaired) electrons. The third-order valence-corrected chi connectivity index (χ3v) is 3.47. The van der Waals surface area contributed by atoms with Crippen LogP contribution in [0.3, 0.4) is 0 Å². The summed E-state index contributed by atoms with van der Waals surface area (Å²) in [5.74, 6) is 0. The number of piperidine rings is 1. The Morgan fingerprint density at radius 3 is 2.36 bits per heavy atom. The van der Waals surface area contributed by atoms with E-state index in [9.17, 15) is 0 Å². The molecule has 0 unspecified atom stereocenters. The van der Waals surface area contributed by atoms with Crippen LogP contribution in [0.4, 0.5) is 0 Å². The monoisotopic (exact) mass is 209 g/mol. The average molecular weight is 209 g/mol. The normalized spacial score (nSPS) is 18.8. The number of hydrogen-bond acceptors (Lipinski definition) is 1. The highest BCUT2D eigenvalue weighted by Gasteiger charge is 2.08.